The molecule has 1 aliphatic rings. The maximum Gasteiger partial charge on any atom is 0.251 e. The number of hydrogen-bond acceptors (Lipinski definition) is 4. The summed E-state index contributed by atoms with van der Waals surface area (Å²) in [5.74, 6) is 2.44. The summed E-state index contributed by atoms with van der Waals surface area (Å²) >= 11 is 0. The first kappa shape index (κ1) is 13.8. The summed E-state index contributed by atoms with van der Waals surface area (Å²) in [5.41, 5.74) is 1.48. The van der Waals surface area contributed by atoms with Crippen molar-refractivity contribution in [1.82, 2.24) is 20.1 Å². The monoisotopic (exact) mass is 308 g/mol. The van der Waals surface area contributed by atoms with Gasteiger partial charge in [-0.3, -0.25) is 4.79 Å². The standard InChI is InChI=1S/C17H16N4O2/c22-17(18-11-16-20-19-15-7-2-8-21(15)16)13-5-1-4-12(10-13)14-6-3-9-23-14/h1,3-6,9-10H,2,7-8,11H2,(H,18,22). The van der Waals surface area contributed by atoms with Crippen molar-refractivity contribution in [3.63, 3.8) is 0 Å². The zero-order valence-corrected chi connectivity index (χ0v) is 12.5. The van der Waals surface area contributed by atoms with E-state index < -0.39 is 0 Å². The van der Waals surface area contributed by atoms with Crippen molar-refractivity contribution < 1.29 is 9.21 Å². The molecule has 1 aromatic carbocycles. The minimum absolute atomic E-state index is 0.131. The molecule has 0 spiro atoms. The Kier molecular flexibility index (Phi) is 3.42. The molecule has 4 rings (SSSR count). The molecule has 0 saturated carbocycles. The number of aromatic nitrogens is 3. The van der Waals surface area contributed by atoms with Gasteiger partial charge in [-0.2, -0.15) is 0 Å². The number of hydrogen-bond donors (Lipinski definition) is 1. The van der Waals surface area contributed by atoms with E-state index in [1.54, 1.807) is 12.3 Å². The topological polar surface area (TPSA) is 73.0 Å². The van der Waals surface area contributed by atoms with E-state index in [1.165, 1.54) is 0 Å². The SMILES string of the molecule is O=C(NCc1nnc2n1CCC2)c1cccc(-c2ccco2)c1. The number of furan rings is 1. The number of carbonyl (C=O) groups is 1. The van der Waals surface area contributed by atoms with Crippen LogP contribution in [0.3, 0.4) is 0 Å². The van der Waals surface area contributed by atoms with E-state index in [4.69, 9.17) is 4.42 Å². The molecule has 1 aliphatic heterocycles. The third-order valence-corrected chi connectivity index (χ3v) is 4.02. The summed E-state index contributed by atoms with van der Waals surface area (Å²) in [4.78, 5) is 12.4. The second-order valence-electron chi connectivity index (χ2n) is 5.53. The van der Waals surface area contributed by atoms with Crippen molar-refractivity contribution in [1.29, 1.82) is 0 Å². The van der Waals surface area contributed by atoms with Crippen LogP contribution in [0.1, 0.15) is 28.4 Å². The van der Waals surface area contributed by atoms with Crippen molar-refractivity contribution in [2.24, 2.45) is 0 Å². The summed E-state index contributed by atoms with van der Waals surface area (Å²) in [5, 5.41) is 11.2. The molecule has 3 aromatic rings. The van der Waals surface area contributed by atoms with Crippen LogP contribution in [0.5, 0.6) is 0 Å². The smallest absolute Gasteiger partial charge is 0.251 e. The van der Waals surface area contributed by atoms with Gasteiger partial charge in [-0.1, -0.05) is 12.1 Å². The largest absolute Gasteiger partial charge is 0.464 e. The number of fused-ring (bicyclic) bond motifs is 1. The molecule has 3 heterocycles. The van der Waals surface area contributed by atoms with Crippen LogP contribution in [-0.4, -0.2) is 20.7 Å². The Morgan fingerprint density at radius 3 is 3.09 bits per heavy atom. The molecule has 0 unspecified atom stereocenters. The van der Waals surface area contributed by atoms with Crippen LogP contribution in [0.2, 0.25) is 0 Å². The Morgan fingerprint density at radius 1 is 1.26 bits per heavy atom. The zero-order chi connectivity index (χ0) is 15.6. The van der Waals surface area contributed by atoms with Crippen LogP contribution in [0.25, 0.3) is 11.3 Å². The Bertz CT molecular complexity index is 836. The van der Waals surface area contributed by atoms with E-state index in [9.17, 15) is 4.79 Å². The number of amides is 1. The van der Waals surface area contributed by atoms with Gasteiger partial charge in [-0.05, 0) is 30.7 Å². The number of nitrogens with one attached hydrogen (secondary N) is 1. The van der Waals surface area contributed by atoms with E-state index in [0.29, 0.717) is 12.1 Å². The van der Waals surface area contributed by atoms with Crippen molar-refractivity contribution >= 4 is 5.91 Å². The lowest BCUT2D eigenvalue weighted by Gasteiger charge is -2.07. The van der Waals surface area contributed by atoms with E-state index in [2.05, 4.69) is 20.1 Å². The second kappa shape index (κ2) is 5.72. The van der Waals surface area contributed by atoms with Crippen molar-refractivity contribution in [3.8, 4) is 11.3 Å². The molecule has 1 amide bonds. The average molecular weight is 308 g/mol. The first-order valence-electron chi connectivity index (χ1n) is 7.64. The van der Waals surface area contributed by atoms with Crippen molar-refractivity contribution in [2.45, 2.75) is 25.9 Å². The van der Waals surface area contributed by atoms with Gasteiger partial charge >= 0.3 is 0 Å². The fraction of sp³-hybridized carbons (Fsp3) is 0.235. The number of aryl methyl sites for hydroxylation is 1. The summed E-state index contributed by atoms with van der Waals surface area (Å²) < 4.78 is 7.45. The predicted molar refractivity (Wildman–Crippen MR) is 83.7 cm³/mol. The van der Waals surface area contributed by atoms with Gasteiger partial charge in [0.05, 0.1) is 12.8 Å². The van der Waals surface area contributed by atoms with Crippen molar-refractivity contribution in [2.75, 3.05) is 0 Å². The van der Waals surface area contributed by atoms with Crippen LogP contribution in [0.15, 0.2) is 47.1 Å². The number of nitrogens with zero attached hydrogens (tertiary/aromatic N) is 3. The van der Waals surface area contributed by atoms with E-state index in [-0.39, 0.29) is 5.91 Å². The molecular weight excluding hydrogens is 292 g/mol. The highest BCUT2D eigenvalue weighted by Crippen LogP contribution is 2.21. The lowest BCUT2D eigenvalue weighted by Crippen LogP contribution is -2.24. The van der Waals surface area contributed by atoms with Gasteiger partial charge in [-0.25, -0.2) is 0 Å². The normalized spacial score (nSPS) is 13.0. The molecule has 0 radical (unpaired) electrons. The minimum Gasteiger partial charge on any atom is -0.464 e. The molecule has 23 heavy (non-hydrogen) atoms. The lowest BCUT2D eigenvalue weighted by atomic mass is 10.1. The number of rotatable bonds is 4. The van der Waals surface area contributed by atoms with E-state index >= 15 is 0 Å². The first-order valence-corrected chi connectivity index (χ1v) is 7.64. The summed E-state index contributed by atoms with van der Waals surface area (Å²) in [7, 11) is 0. The van der Waals surface area contributed by atoms with Gasteiger partial charge < -0.3 is 14.3 Å². The highest BCUT2D eigenvalue weighted by atomic mass is 16.3. The highest BCUT2D eigenvalue weighted by molar-refractivity contribution is 5.95. The molecule has 6 nitrogen and oxygen atoms in total. The Morgan fingerprint density at radius 2 is 2.22 bits per heavy atom. The zero-order valence-electron chi connectivity index (χ0n) is 12.5. The Balaban J connectivity index is 1.48. The van der Waals surface area contributed by atoms with Gasteiger partial charge in [0.2, 0.25) is 0 Å². The van der Waals surface area contributed by atoms with Gasteiger partial charge in [0.25, 0.3) is 5.91 Å². The quantitative estimate of drug-likeness (QED) is 0.803. The summed E-state index contributed by atoms with van der Waals surface area (Å²) in [6.07, 6.45) is 3.68. The van der Waals surface area contributed by atoms with Crippen LogP contribution >= 0.6 is 0 Å². The molecule has 2 aromatic heterocycles. The molecule has 0 fully saturated rings. The van der Waals surface area contributed by atoms with Crippen LogP contribution < -0.4 is 5.32 Å². The van der Waals surface area contributed by atoms with Crippen LogP contribution in [0, 0.1) is 0 Å². The minimum atomic E-state index is -0.131. The molecule has 0 aliphatic carbocycles. The van der Waals surface area contributed by atoms with Gasteiger partial charge in [0.1, 0.15) is 11.6 Å². The predicted octanol–water partition coefficient (Wildman–Crippen LogP) is 2.41. The average Bonchev–Trinajstić information content (AvgIpc) is 3.30. The molecule has 0 atom stereocenters. The molecule has 116 valence electrons. The Labute approximate surface area is 133 Å². The molecule has 0 saturated heterocycles. The second-order valence-corrected chi connectivity index (χ2v) is 5.53. The number of benzene rings is 1. The fourth-order valence-electron chi connectivity index (χ4n) is 2.86. The molecule has 1 N–H and O–H groups in total. The molecular formula is C17H16N4O2. The summed E-state index contributed by atoms with van der Waals surface area (Å²) in [6, 6.07) is 11.1. The Hall–Kier alpha value is -2.89. The third kappa shape index (κ3) is 2.63. The van der Waals surface area contributed by atoms with Gasteiger partial charge in [0, 0.05) is 24.1 Å². The van der Waals surface area contributed by atoms with Gasteiger partial charge in [0.15, 0.2) is 5.82 Å². The first-order chi connectivity index (χ1) is 11.3. The molecule has 6 heteroatoms. The third-order valence-electron chi connectivity index (χ3n) is 4.02. The van der Waals surface area contributed by atoms with Crippen LogP contribution in [-0.2, 0) is 19.5 Å². The van der Waals surface area contributed by atoms with Crippen molar-refractivity contribution in [3.05, 3.63) is 59.9 Å². The maximum absolute atomic E-state index is 12.4. The maximum atomic E-state index is 12.4. The number of carbonyl (C=O) groups excluding carboxylic acids is 1. The van der Waals surface area contributed by atoms with Crippen LogP contribution in [0.4, 0.5) is 0 Å². The molecule has 0 bridgehead atoms. The van der Waals surface area contributed by atoms with E-state index in [1.807, 2.05) is 30.3 Å². The summed E-state index contributed by atoms with van der Waals surface area (Å²) in [6.45, 7) is 1.32. The van der Waals surface area contributed by atoms with E-state index in [0.717, 1.165) is 42.4 Å². The fourth-order valence-corrected chi connectivity index (χ4v) is 2.86. The van der Waals surface area contributed by atoms with Gasteiger partial charge in [-0.15, -0.1) is 10.2 Å². The lowest BCUT2D eigenvalue weighted by molar-refractivity contribution is 0.0949. The highest BCUT2D eigenvalue weighted by Gasteiger charge is 2.17.